The number of amides is 1. The quantitative estimate of drug-likeness (QED) is 0.882. The molecule has 1 amide bonds. The van der Waals surface area contributed by atoms with Gasteiger partial charge in [-0.3, -0.25) is 4.79 Å². The van der Waals surface area contributed by atoms with Gasteiger partial charge in [-0.25, -0.2) is 0 Å². The summed E-state index contributed by atoms with van der Waals surface area (Å²) in [7, 11) is 4.04. The molecule has 2 rings (SSSR count). The lowest BCUT2D eigenvalue weighted by Gasteiger charge is -2.16. The summed E-state index contributed by atoms with van der Waals surface area (Å²) in [5.74, 6) is 0.128. The molecule has 0 saturated carbocycles. The van der Waals surface area contributed by atoms with E-state index in [4.69, 9.17) is 0 Å². The van der Waals surface area contributed by atoms with Crippen molar-refractivity contribution in [2.24, 2.45) is 0 Å². The van der Waals surface area contributed by atoms with Gasteiger partial charge in [0.1, 0.15) is 0 Å². The molecule has 1 unspecified atom stereocenters. The lowest BCUT2D eigenvalue weighted by atomic mass is 10.1. The van der Waals surface area contributed by atoms with Gasteiger partial charge in [0.05, 0.1) is 6.04 Å². The van der Waals surface area contributed by atoms with Gasteiger partial charge in [0.15, 0.2) is 0 Å². The number of benzene rings is 1. The predicted octanol–water partition coefficient (Wildman–Crippen LogP) is 1.90. The number of hydrogen-bond donors (Lipinski definition) is 2. The number of nitrogens with one attached hydrogen (secondary N) is 2. The minimum Gasteiger partial charge on any atom is -0.378 e. The molecule has 0 aromatic heterocycles. The van der Waals surface area contributed by atoms with Crippen molar-refractivity contribution in [3.63, 3.8) is 0 Å². The fraction of sp³-hybridized carbons (Fsp3) is 0.562. The highest BCUT2D eigenvalue weighted by Crippen LogP contribution is 2.12. The lowest BCUT2D eigenvalue weighted by molar-refractivity contribution is -0.123. The largest absolute Gasteiger partial charge is 0.378 e. The summed E-state index contributed by atoms with van der Waals surface area (Å²) in [6.45, 7) is 1.56. The molecule has 1 atom stereocenters. The third-order valence-corrected chi connectivity index (χ3v) is 3.80. The highest BCUT2D eigenvalue weighted by Gasteiger charge is 2.18. The van der Waals surface area contributed by atoms with Crippen LogP contribution in [0.5, 0.6) is 0 Å². The molecule has 1 fully saturated rings. The molecule has 1 aromatic rings. The zero-order valence-electron chi connectivity index (χ0n) is 12.5. The summed E-state index contributed by atoms with van der Waals surface area (Å²) in [4.78, 5) is 14.2. The van der Waals surface area contributed by atoms with Crippen LogP contribution in [-0.2, 0) is 11.3 Å². The van der Waals surface area contributed by atoms with Gasteiger partial charge >= 0.3 is 0 Å². The summed E-state index contributed by atoms with van der Waals surface area (Å²) in [6.07, 6.45) is 4.49. The monoisotopic (exact) mass is 275 g/mol. The standard InChI is InChI=1S/C16H25N3O/c1-19(2)14-9-7-13(8-10-14)12-18-16(20)15-6-4-3-5-11-17-15/h7-10,15,17H,3-6,11-12H2,1-2H3,(H,18,20). The Labute approximate surface area is 121 Å². The predicted molar refractivity (Wildman–Crippen MR) is 82.9 cm³/mol. The van der Waals surface area contributed by atoms with Crippen molar-refractivity contribution in [1.29, 1.82) is 0 Å². The maximum Gasteiger partial charge on any atom is 0.237 e. The summed E-state index contributed by atoms with van der Waals surface area (Å²) < 4.78 is 0. The average molecular weight is 275 g/mol. The molecule has 1 saturated heterocycles. The van der Waals surface area contributed by atoms with Crippen molar-refractivity contribution in [1.82, 2.24) is 10.6 Å². The van der Waals surface area contributed by atoms with Crippen molar-refractivity contribution < 1.29 is 4.79 Å². The van der Waals surface area contributed by atoms with Crippen molar-refractivity contribution in [2.75, 3.05) is 25.5 Å². The van der Waals surface area contributed by atoms with Crippen LogP contribution >= 0.6 is 0 Å². The van der Waals surface area contributed by atoms with E-state index in [1.54, 1.807) is 0 Å². The van der Waals surface area contributed by atoms with E-state index < -0.39 is 0 Å². The van der Waals surface area contributed by atoms with Crippen LogP contribution in [-0.4, -0.2) is 32.6 Å². The van der Waals surface area contributed by atoms with Gasteiger partial charge in [-0.05, 0) is 37.1 Å². The minimum atomic E-state index is -0.0152. The van der Waals surface area contributed by atoms with E-state index in [1.165, 1.54) is 18.5 Å². The van der Waals surface area contributed by atoms with Gasteiger partial charge in [0.2, 0.25) is 5.91 Å². The SMILES string of the molecule is CN(C)c1ccc(CNC(=O)C2CCCCCN2)cc1. The second kappa shape index (κ2) is 7.29. The topological polar surface area (TPSA) is 44.4 Å². The van der Waals surface area contributed by atoms with Crippen LogP contribution in [0.1, 0.15) is 31.2 Å². The number of anilines is 1. The smallest absolute Gasteiger partial charge is 0.237 e. The van der Waals surface area contributed by atoms with Crippen LogP contribution in [0.25, 0.3) is 0 Å². The Bertz CT molecular complexity index is 420. The molecule has 20 heavy (non-hydrogen) atoms. The number of nitrogens with zero attached hydrogens (tertiary/aromatic N) is 1. The average Bonchev–Trinajstić information content (AvgIpc) is 2.74. The highest BCUT2D eigenvalue weighted by molar-refractivity contribution is 5.81. The van der Waals surface area contributed by atoms with Crippen molar-refractivity contribution in [2.45, 2.75) is 38.3 Å². The molecule has 1 aliphatic heterocycles. The molecule has 0 aliphatic carbocycles. The van der Waals surface area contributed by atoms with E-state index in [9.17, 15) is 4.79 Å². The first-order valence-corrected chi connectivity index (χ1v) is 7.44. The Balaban J connectivity index is 1.83. The molecular weight excluding hydrogens is 250 g/mol. The lowest BCUT2D eigenvalue weighted by Crippen LogP contribution is -2.43. The van der Waals surface area contributed by atoms with Crippen molar-refractivity contribution in [3.8, 4) is 0 Å². The van der Waals surface area contributed by atoms with Crippen LogP contribution in [0.2, 0.25) is 0 Å². The molecule has 4 heteroatoms. The van der Waals surface area contributed by atoms with Gasteiger partial charge in [-0.1, -0.05) is 25.0 Å². The molecule has 1 aliphatic rings. The van der Waals surface area contributed by atoms with Crippen LogP contribution in [0.15, 0.2) is 24.3 Å². The summed E-state index contributed by atoms with van der Waals surface area (Å²) in [6, 6.07) is 8.27. The van der Waals surface area contributed by atoms with E-state index in [0.717, 1.165) is 24.9 Å². The fourth-order valence-corrected chi connectivity index (χ4v) is 2.48. The van der Waals surface area contributed by atoms with Gasteiger partial charge in [-0.15, -0.1) is 0 Å². The number of carbonyl (C=O) groups excluding carboxylic acids is 1. The maximum atomic E-state index is 12.1. The molecule has 110 valence electrons. The summed E-state index contributed by atoms with van der Waals surface area (Å²) in [5, 5.41) is 6.35. The Kier molecular flexibility index (Phi) is 5.41. The second-order valence-electron chi connectivity index (χ2n) is 5.63. The molecule has 1 heterocycles. The molecule has 4 nitrogen and oxygen atoms in total. The normalized spacial score (nSPS) is 19.2. The first-order valence-electron chi connectivity index (χ1n) is 7.44. The van der Waals surface area contributed by atoms with Gasteiger partial charge in [0, 0.05) is 26.3 Å². The first-order chi connectivity index (χ1) is 9.66. The van der Waals surface area contributed by atoms with Crippen molar-refractivity contribution >= 4 is 11.6 Å². The number of rotatable bonds is 4. The number of hydrogen-bond acceptors (Lipinski definition) is 3. The summed E-state index contributed by atoms with van der Waals surface area (Å²) >= 11 is 0. The minimum absolute atomic E-state index is 0.0152. The highest BCUT2D eigenvalue weighted by atomic mass is 16.2. The molecule has 0 spiro atoms. The Hall–Kier alpha value is -1.55. The number of carbonyl (C=O) groups is 1. The van der Waals surface area contributed by atoms with Crippen LogP contribution in [0.3, 0.4) is 0 Å². The van der Waals surface area contributed by atoms with Crippen LogP contribution in [0.4, 0.5) is 5.69 Å². The fourth-order valence-electron chi connectivity index (χ4n) is 2.48. The van der Waals surface area contributed by atoms with Gasteiger partial charge < -0.3 is 15.5 Å². The molecular formula is C16H25N3O. The third kappa shape index (κ3) is 4.23. The third-order valence-electron chi connectivity index (χ3n) is 3.80. The Morgan fingerprint density at radius 2 is 2.00 bits per heavy atom. The molecule has 2 N–H and O–H groups in total. The van der Waals surface area contributed by atoms with Crippen LogP contribution < -0.4 is 15.5 Å². The van der Waals surface area contributed by atoms with E-state index >= 15 is 0 Å². The van der Waals surface area contributed by atoms with Gasteiger partial charge in [0.25, 0.3) is 0 Å². The first kappa shape index (κ1) is 14.9. The zero-order valence-corrected chi connectivity index (χ0v) is 12.5. The van der Waals surface area contributed by atoms with E-state index in [-0.39, 0.29) is 11.9 Å². The Morgan fingerprint density at radius 1 is 1.25 bits per heavy atom. The van der Waals surface area contributed by atoms with E-state index in [0.29, 0.717) is 6.54 Å². The van der Waals surface area contributed by atoms with Gasteiger partial charge in [-0.2, -0.15) is 0 Å². The molecule has 0 radical (unpaired) electrons. The molecule has 0 bridgehead atoms. The Morgan fingerprint density at radius 3 is 2.70 bits per heavy atom. The summed E-state index contributed by atoms with van der Waals surface area (Å²) in [5.41, 5.74) is 2.31. The molecule has 1 aromatic carbocycles. The van der Waals surface area contributed by atoms with Crippen molar-refractivity contribution in [3.05, 3.63) is 29.8 Å². The second-order valence-corrected chi connectivity index (χ2v) is 5.63. The van der Waals surface area contributed by atoms with Crippen LogP contribution in [0, 0.1) is 0 Å². The van der Waals surface area contributed by atoms with E-state index in [2.05, 4.69) is 39.8 Å². The zero-order chi connectivity index (χ0) is 14.4. The maximum absolute atomic E-state index is 12.1. The van der Waals surface area contributed by atoms with E-state index in [1.807, 2.05) is 14.1 Å².